The molecule has 0 unspecified atom stereocenters. The van der Waals surface area contributed by atoms with E-state index < -0.39 is 11.9 Å². The standard InChI is InChI=1S/C20H36N4O10/c1-2-3-4-22(13-32-16-25)8-9-23(14-33-17-26)7-5-21(11-19(28)29)6-10-24(12-20(30)31)15-34-18-27/h16-18H,2-15H2,1H3,(H,28,29)(H,30,31). The number of hydrogen-bond donors (Lipinski definition) is 2. The first kappa shape index (κ1) is 31.2. The van der Waals surface area contributed by atoms with Crippen LogP contribution in [0.15, 0.2) is 0 Å². The predicted molar refractivity (Wildman–Crippen MR) is 117 cm³/mol. The van der Waals surface area contributed by atoms with Gasteiger partial charge in [-0.25, -0.2) is 0 Å². The molecule has 0 fully saturated rings. The van der Waals surface area contributed by atoms with E-state index in [0.29, 0.717) is 39.1 Å². The highest BCUT2D eigenvalue weighted by molar-refractivity contribution is 5.69. The Kier molecular flexibility index (Phi) is 19.1. The number of carbonyl (C=O) groups excluding carboxylic acids is 3. The molecule has 14 heteroatoms. The van der Waals surface area contributed by atoms with Gasteiger partial charge in [-0.3, -0.25) is 43.6 Å². The molecule has 0 saturated carbocycles. The van der Waals surface area contributed by atoms with E-state index in [1.165, 1.54) is 4.90 Å². The van der Waals surface area contributed by atoms with E-state index in [0.717, 1.165) is 19.4 Å². The van der Waals surface area contributed by atoms with Crippen molar-refractivity contribution >= 4 is 31.4 Å². The maximum Gasteiger partial charge on any atom is 0.317 e. The molecule has 34 heavy (non-hydrogen) atoms. The Hall–Kier alpha value is -2.81. The average molecular weight is 493 g/mol. The van der Waals surface area contributed by atoms with Gasteiger partial charge in [0.15, 0.2) is 0 Å². The molecular weight excluding hydrogens is 456 g/mol. The number of ether oxygens (including phenoxy) is 3. The molecule has 0 aliphatic carbocycles. The lowest BCUT2D eigenvalue weighted by molar-refractivity contribution is -0.144. The minimum absolute atomic E-state index is 0.00111. The summed E-state index contributed by atoms with van der Waals surface area (Å²) in [5.41, 5.74) is 0. The highest BCUT2D eigenvalue weighted by Gasteiger charge is 2.17. The number of carbonyl (C=O) groups is 5. The van der Waals surface area contributed by atoms with E-state index in [2.05, 4.69) is 4.74 Å². The molecule has 0 heterocycles. The Morgan fingerprint density at radius 3 is 1.38 bits per heavy atom. The van der Waals surface area contributed by atoms with Crippen molar-refractivity contribution in [1.29, 1.82) is 0 Å². The van der Waals surface area contributed by atoms with Crippen LogP contribution in [-0.4, -0.2) is 140 Å². The number of carboxylic acids is 2. The molecule has 0 saturated heterocycles. The van der Waals surface area contributed by atoms with Crippen molar-refractivity contribution in [3.8, 4) is 0 Å². The van der Waals surface area contributed by atoms with Crippen LogP contribution in [0, 0.1) is 0 Å². The smallest absolute Gasteiger partial charge is 0.317 e. The molecule has 0 atom stereocenters. The normalized spacial score (nSPS) is 11.1. The van der Waals surface area contributed by atoms with Gasteiger partial charge >= 0.3 is 11.9 Å². The number of rotatable bonds is 25. The van der Waals surface area contributed by atoms with Gasteiger partial charge < -0.3 is 24.4 Å². The van der Waals surface area contributed by atoms with Gasteiger partial charge in [0.1, 0.15) is 20.2 Å². The fourth-order valence-corrected chi connectivity index (χ4v) is 2.96. The summed E-state index contributed by atoms with van der Waals surface area (Å²) in [6.07, 6.45) is 1.89. The first-order chi connectivity index (χ1) is 16.4. The van der Waals surface area contributed by atoms with Gasteiger partial charge in [-0.2, -0.15) is 0 Å². The van der Waals surface area contributed by atoms with Crippen LogP contribution >= 0.6 is 0 Å². The molecule has 0 spiro atoms. The number of hydrogen-bond acceptors (Lipinski definition) is 12. The maximum atomic E-state index is 11.3. The van der Waals surface area contributed by atoms with E-state index in [1.807, 2.05) is 16.7 Å². The summed E-state index contributed by atoms with van der Waals surface area (Å²) in [7, 11) is 0. The summed E-state index contributed by atoms with van der Waals surface area (Å²) < 4.78 is 14.3. The van der Waals surface area contributed by atoms with Gasteiger partial charge in [0.2, 0.25) is 0 Å². The van der Waals surface area contributed by atoms with Gasteiger partial charge in [-0.15, -0.1) is 0 Å². The SMILES string of the molecule is CCCCN(CCN(CCN(CCN(COC=O)CC(=O)O)CC(=O)O)COC=O)COC=O. The van der Waals surface area contributed by atoms with Gasteiger partial charge in [0.05, 0.1) is 13.1 Å². The molecule has 196 valence electrons. The molecule has 0 aromatic rings. The van der Waals surface area contributed by atoms with E-state index in [-0.39, 0.29) is 52.8 Å². The zero-order valence-corrected chi connectivity index (χ0v) is 19.6. The van der Waals surface area contributed by atoms with E-state index in [9.17, 15) is 29.1 Å². The molecule has 0 aliphatic heterocycles. The number of nitrogens with zero attached hydrogens (tertiary/aromatic N) is 4. The lowest BCUT2D eigenvalue weighted by atomic mass is 10.3. The first-order valence-corrected chi connectivity index (χ1v) is 10.8. The Labute approximate surface area is 198 Å². The Balaban J connectivity index is 4.96. The number of carboxylic acid groups (broad SMARTS) is 2. The molecule has 0 radical (unpaired) electrons. The molecule has 0 aromatic carbocycles. The van der Waals surface area contributed by atoms with Crippen molar-refractivity contribution < 1.29 is 48.4 Å². The second-order valence-electron chi connectivity index (χ2n) is 7.38. The van der Waals surface area contributed by atoms with Crippen LogP contribution in [0.25, 0.3) is 0 Å². The van der Waals surface area contributed by atoms with Gasteiger partial charge in [-0.1, -0.05) is 13.3 Å². The van der Waals surface area contributed by atoms with E-state index in [1.54, 1.807) is 4.90 Å². The van der Waals surface area contributed by atoms with Crippen molar-refractivity contribution in [2.45, 2.75) is 19.8 Å². The third-order valence-corrected chi connectivity index (χ3v) is 4.72. The summed E-state index contributed by atoms with van der Waals surface area (Å²) in [4.78, 5) is 60.6. The Morgan fingerprint density at radius 2 is 0.971 bits per heavy atom. The second kappa shape index (κ2) is 20.8. The lowest BCUT2D eigenvalue weighted by Gasteiger charge is -2.29. The highest BCUT2D eigenvalue weighted by atomic mass is 16.5. The Bertz CT molecular complexity index is 596. The zero-order chi connectivity index (χ0) is 25.6. The topological polar surface area (TPSA) is 166 Å². The molecule has 0 bridgehead atoms. The van der Waals surface area contributed by atoms with Crippen molar-refractivity contribution in [1.82, 2.24) is 19.6 Å². The van der Waals surface area contributed by atoms with Crippen molar-refractivity contribution in [3.05, 3.63) is 0 Å². The molecule has 0 aliphatic rings. The third kappa shape index (κ3) is 17.7. The molecule has 0 rings (SSSR count). The molecule has 14 nitrogen and oxygen atoms in total. The Morgan fingerprint density at radius 1 is 0.618 bits per heavy atom. The molecule has 2 N–H and O–H groups in total. The number of unbranched alkanes of at least 4 members (excludes halogenated alkanes) is 1. The quantitative estimate of drug-likeness (QED) is 0.0863. The van der Waals surface area contributed by atoms with Crippen LogP contribution in [0.1, 0.15) is 19.8 Å². The largest absolute Gasteiger partial charge is 0.480 e. The third-order valence-electron chi connectivity index (χ3n) is 4.72. The van der Waals surface area contributed by atoms with Crippen molar-refractivity contribution in [2.75, 3.05) is 79.1 Å². The minimum atomic E-state index is -1.11. The highest BCUT2D eigenvalue weighted by Crippen LogP contribution is 2.00. The average Bonchev–Trinajstić information content (AvgIpc) is 2.80. The second-order valence-corrected chi connectivity index (χ2v) is 7.38. The van der Waals surface area contributed by atoms with Crippen LogP contribution in [0.4, 0.5) is 0 Å². The van der Waals surface area contributed by atoms with Gasteiger partial charge in [0.25, 0.3) is 19.4 Å². The van der Waals surface area contributed by atoms with Crippen LogP contribution in [0.2, 0.25) is 0 Å². The lowest BCUT2D eigenvalue weighted by Crippen LogP contribution is -2.45. The monoisotopic (exact) mass is 492 g/mol. The molecular formula is C20H36N4O10. The maximum absolute atomic E-state index is 11.3. The van der Waals surface area contributed by atoms with Crippen molar-refractivity contribution in [3.63, 3.8) is 0 Å². The van der Waals surface area contributed by atoms with Crippen LogP contribution < -0.4 is 0 Å². The van der Waals surface area contributed by atoms with Crippen LogP contribution in [-0.2, 0) is 38.2 Å². The summed E-state index contributed by atoms with van der Waals surface area (Å²) in [5, 5.41) is 18.2. The fourth-order valence-electron chi connectivity index (χ4n) is 2.96. The summed E-state index contributed by atoms with van der Waals surface area (Å²) >= 11 is 0. The van der Waals surface area contributed by atoms with E-state index >= 15 is 0 Å². The predicted octanol–water partition coefficient (Wildman–Crippen LogP) is -1.44. The summed E-state index contributed by atoms with van der Waals surface area (Å²) in [5.74, 6) is -2.16. The van der Waals surface area contributed by atoms with Crippen molar-refractivity contribution in [2.24, 2.45) is 0 Å². The van der Waals surface area contributed by atoms with E-state index in [4.69, 9.17) is 14.6 Å². The molecule has 0 aromatic heterocycles. The van der Waals surface area contributed by atoms with Crippen LogP contribution in [0.5, 0.6) is 0 Å². The summed E-state index contributed by atoms with van der Waals surface area (Å²) in [6.45, 7) is 4.96. The minimum Gasteiger partial charge on any atom is -0.480 e. The summed E-state index contributed by atoms with van der Waals surface area (Å²) in [6, 6.07) is 0. The zero-order valence-electron chi connectivity index (χ0n) is 19.6. The van der Waals surface area contributed by atoms with Gasteiger partial charge in [-0.05, 0) is 6.42 Å². The van der Waals surface area contributed by atoms with Gasteiger partial charge in [0, 0.05) is 45.8 Å². The molecule has 0 amide bonds. The number of aliphatic carboxylic acids is 2. The fraction of sp³-hybridized carbons (Fsp3) is 0.750. The first-order valence-electron chi connectivity index (χ1n) is 10.8. The van der Waals surface area contributed by atoms with Crippen LogP contribution in [0.3, 0.4) is 0 Å².